The number of hydrogen-bond donors (Lipinski definition) is 2. The van der Waals surface area contributed by atoms with Crippen LogP contribution in [0, 0.1) is 10.8 Å². The highest BCUT2D eigenvalue weighted by atomic mass is 32.2. The van der Waals surface area contributed by atoms with Gasteiger partial charge >= 0.3 is 0 Å². The molecule has 162 valence electrons. The van der Waals surface area contributed by atoms with Gasteiger partial charge < -0.3 is 14.8 Å². The average Bonchev–Trinajstić information content (AvgIpc) is 2.57. The van der Waals surface area contributed by atoms with Crippen molar-refractivity contribution in [3.63, 3.8) is 0 Å². The first-order valence-corrected chi connectivity index (χ1v) is 10.8. The first-order chi connectivity index (χ1) is 12.6. The van der Waals surface area contributed by atoms with Crippen molar-refractivity contribution >= 4 is 23.8 Å². The lowest BCUT2D eigenvalue weighted by molar-refractivity contribution is -0.128. The third-order valence-electron chi connectivity index (χ3n) is 3.40. The lowest BCUT2D eigenvalue weighted by Gasteiger charge is -2.30. The molecule has 0 aliphatic heterocycles. The highest BCUT2D eigenvalue weighted by molar-refractivity contribution is 7.97. The number of ether oxygens (including phenoxy) is 2. The summed E-state index contributed by atoms with van der Waals surface area (Å²) in [5.74, 6) is 0.773. The van der Waals surface area contributed by atoms with E-state index < -0.39 is 5.41 Å². The Hall–Kier alpha value is -0.790. The van der Waals surface area contributed by atoms with Crippen molar-refractivity contribution in [2.45, 2.75) is 67.7 Å². The third-order valence-corrected chi connectivity index (χ3v) is 4.22. The van der Waals surface area contributed by atoms with Crippen LogP contribution < -0.4 is 10.0 Å². The van der Waals surface area contributed by atoms with E-state index in [1.807, 2.05) is 27.7 Å². The zero-order valence-corrected chi connectivity index (χ0v) is 19.5. The highest BCUT2D eigenvalue weighted by Crippen LogP contribution is 2.33. The highest BCUT2D eigenvalue weighted by Gasteiger charge is 2.32. The van der Waals surface area contributed by atoms with Crippen molar-refractivity contribution in [1.29, 1.82) is 0 Å². The van der Waals surface area contributed by atoms with Gasteiger partial charge in [-0.15, -0.1) is 0 Å². The van der Waals surface area contributed by atoms with Crippen LogP contribution in [0.1, 0.15) is 67.7 Å². The van der Waals surface area contributed by atoms with Crippen LogP contribution in [0.4, 0.5) is 0 Å². The zero-order chi connectivity index (χ0) is 21.3. The minimum absolute atomic E-state index is 0.00957. The molecule has 0 rings (SSSR count). The van der Waals surface area contributed by atoms with Crippen molar-refractivity contribution in [1.82, 2.24) is 10.0 Å². The van der Waals surface area contributed by atoms with Crippen molar-refractivity contribution in [2.75, 3.05) is 39.2 Å². The topological polar surface area (TPSA) is 76.7 Å². The fraction of sp³-hybridized carbons (Fsp3) is 0.900. The minimum atomic E-state index is -0.397. The minimum Gasteiger partial charge on any atom is -0.382 e. The lowest BCUT2D eigenvalue weighted by atomic mass is 9.76. The Morgan fingerprint density at radius 2 is 1.63 bits per heavy atom. The van der Waals surface area contributed by atoms with Gasteiger partial charge in [0, 0.05) is 31.2 Å². The van der Waals surface area contributed by atoms with E-state index in [9.17, 15) is 9.59 Å². The third kappa shape index (κ3) is 18.3. The van der Waals surface area contributed by atoms with Gasteiger partial charge in [-0.25, -0.2) is 0 Å². The molecule has 0 heterocycles. The molecule has 0 aromatic rings. The molecule has 6 nitrogen and oxygen atoms in total. The van der Waals surface area contributed by atoms with Crippen LogP contribution in [0.2, 0.25) is 0 Å². The fourth-order valence-electron chi connectivity index (χ4n) is 2.56. The zero-order valence-electron chi connectivity index (χ0n) is 18.7. The predicted octanol–water partition coefficient (Wildman–Crippen LogP) is 3.80. The van der Waals surface area contributed by atoms with Gasteiger partial charge in [0.25, 0.3) is 0 Å². The van der Waals surface area contributed by atoms with E-state index in [0.717, 1.165) is 18.6 Å². The lowest BCUT2D eigenvalue weighted by Crippen LogP contribution is -2.36. The smallest absolute Gasteiger partial charge is 0.235 e. The molecule has 2 amide bonds. The summed E-state index contributed by atoms with van der Waals surface area (Å²) in [6, 6.07) is 0. The Kier molecular flexibility index (Phi) is 17.0. The maximum absolute atomic E-state index is 12.3. The second-order valence-corrected chi connectivity index (χ2v) is 8.86. The van der Waals surface area contributed by atoms with Gasteiger partial charge in [0.15, 0.2) is 0 Å². The van der Waals surface area contributed by atoms with Gasteiger partial charge in [-0.05, 0) is 18.3 Å². The number of carbonyl (C=O) groups is 2. The number of amides is 2. The van der Waals surface area contributed by atoms with Crippen molar-refractivity contribution < 1.29 is 19.1 Å². The maximum Gasteiger partial charge on any atom is 0.235 e. The molecule has 0 aliphatic carbocycles. The molecule has 0 unspecified atom stereocenters. The van der Waals surface area contributed by atoms with Gasteiger partial charge in [-0.3, -0.25) is 14.3 Å². The summed E-state index contributed by atoms with van der Waals surface area (Å²) in [6.45, 7) is 16.4. The van der Waals surface area contributed by atoms with Crippen LogP contribution in [0.25, 0.3) is 0 Å². The number of rotatable bonds is 13. The number of nitrogens with one attached hydrogen (secondary N) is 2. The van der Waals surface area contributed by atoms with Crippen molar-refractivity contribution in [3.8, 4) is 0 Å². The summed E-state index contributed by atoms with van der Waals surface area (Å²) < 4.78 is 13.0. The Morgan fingerprint density at radius 3 is 2.19 bits per heavy atom. The van der Waals surface area contributed by atoms with Gasteiger partial charge in [0.05, 0.1) is 19.8 Å². The van der Waals surface area contributed by atoms with E-state index >= 15 is 0 Å². The molecule has 0 saturated carbocycles. The first-order valence-electron chi connectivity index (χ1n) is 9.84. The van der Waals surface area contributed by atoms with E-state index in [1.165, 1.54) is 11.9 Å². The molecule has 0 spiro atoms. The predicted molar refractivity (Wildman–Crippen MR) is 115 cm³/mol. The molecule has 0 saturated heterocycles. The molecule has 0 atom stereocenters. The van der Waals surface area contributed by atoms with Crippen LogP contribution in [0.3, 0.4) is 0 Å². The van der Waals surface area contributed by atoms with E-state index in [1.54, 1.807) is 7.11 Å². The van der Waals surface area contributed by atoms with Crippen molar-refractivity contribution in [3.05, 3.63) is 0 Å². The van der Waals surface area contributed by atoms with E-state index in [4.69, 9.17) is 9.47 Å². The summed E-state index contributed by atoms with van der Waals surface area (Å²) in [5.41, 5.74) is -0.289. The largest absolute Gasteiger partial charge is 0.382 e. The summed E-state index contributed by atoms with van der Waals surface area (Å²) in [5, 5.41) is 2.81. The van der Waals surface area contributed by atoms with E-state index in [0.29, 0.717) is 32.8 Å². The van der Waals surface area contributed by atoms with Gasteiger partial charge in [-0.2, -0.15) is 0 Å². The molecule has 7 heteroatoms. The molecule has 0 aliphatic rings. The summed E-state index contributed by atoms with van der Waals surface area (Å²) in [7, 11) is 1.62. The molecule has 0 fully saturated rings. The molecular formula is C20H42N2O4S. The second kappa shape index (κ2) is 16.2. The van der Waals surface area contributed by atoms with Gasteiger partial charge in [-0.1, -0.05) is 60.4 Å². The molecule has 0 bridgehead atoms. The van der Waals surface area contributed by atoms with Crippen LogP contribution in [0.5, 0.6) is 0 Å². The molecule has 2 N–H and O–H groups in total. The Bertz CT molecular complexity index is 396. The first kappa shape index (κ1) is 28.4. The monoisotopic (exact) mass is 406 g/mol. The van der Waals surface area contributed by atoms with Gasteiger partial charge in [0.1, 0.15) is 0 Å². The Labute approximate surface area is 171 Å². The van der Waals surface area contributed by atoms with Gasteiger partial charge in [0.2, 0.25) is 11.8 Å². The molecule has 27 heavy (non-hydrogen) atoms. The van der Waals surface area contributed by atoms with Crippen LogP contribution in [-0.2, 0) is 19.1 Å². The molecule has 0 aromatic heterocycles. The number of hydrogen-bond acceptors (Lipinski definition) is 5. The Morgan fingerprint density at radius 1 is 1.00 bits per heavy atom. The maximum atomic E-state index is 12.3. The fourth-order valence-corrected chi connectivity index (χ4v) is 3.36. The number of carbonyl (C=O) groups excluding carboxylic acids is 2. The Balaban J connectivity index is 0. The normalized spacial score (nSPS) is 11.4. The second-order valence-electron chi connectivity index (χ2n) is 7.96. The average molecular weight is 407 g/mol. The van der Waals surface area contributed by atoms with E-state index in [-0.39, 0.29) is 17.2 Å². The molecule has 0 radical (unpaired) electrons. The summed E-state index contributed by atoms with van der Waals surface area (Å²) in [4.78, 5) is 23.9. The SMILES string of the molecule is CC.COCCOCCNC(=O)CCCSNC(=O)C(C)(C)CC(C)(C)C. The standard InChI is InChI=1S/C18H36N2O4S.C2H6/c1-17(2,3)14-18(4,5)16(22)20-25-13-7-8-15(21)19-9-10-24-12-11-23-6;1-2/h7-14H2,1-6H3,(H,19,21)(H,20,22);1-2H3. The van der Waals surface area contributed by atoms with Crippen LogP contribution in [0.15, 0.2) is 0 Å². The van der Waals surface area contributed by atoms with E-state index in [2.05, 4.69) is 30.8 Å². The quantitative estimate of drug-likeness (QED) is 0.359. The van der Waals surface area contributed by atoms with Crippen LogP contribution >= 0.6 is 11.9 Å². The van der Waals surface area contributed by atoms with Crippen molar-refractivity contribution in [2.24, 2.45) is 10.8 Å². The number of methoxy groups -OCH3 is 1. The molecular weight excluding hydrogens is 364 g/mol. The van der Waals surface area contributed by atoms with Crippen LogP contribution in [-0.4, -0.2) is 51.0 Å². The molecule has 0 aromatic carbocycles. The summed E-state index contributed by atoms with van der Waals surface area (Å²) >= 11 is 1.38. The summed E-state index contributed by atoms with van der Waals surface area (Å²) in [6.07, 6.45) is 1.99.